The molecule has 1 aromatic carbocycles. The number of hydrogen-bond acceptors (Lipinski definition) is 1. The van der Waals surface area contributed by atoms with Gasteiger partial charge in [0.15, 0.2) is 0 Å². The molecule has 0 saturated heterocycles. The number of rotatable bonds is 6. The van der Waals surface area contributed by atoms with Gasteiger partial charge in [-0.05, 0) is 19.6 Å². The third-order valence-corrected chi connectivity index (χ3v) is 16.7. The number of allylic oxidation sites excluding steroid dienone is 5. The molecular formula is C23H33Cl2OSi3Zr. The summed E-state index contributed by atoms with van der Waals surface area (Å²) < 4.78 is 6.93. The summed E-state index contributed by atoms with van der Waals surface area (Å²) in [5.74, 6) is 0. The maximum Gasteiger partial charge on any atom is -1.00 e. The van der Waals surface area contributed by atoms with Crippen LogP contribution in [0.25, 0.3) is 10.8 Å². The normalized spacial score (nSPS) is 21.3. The van der Waals surface area contributed by atoms with Gasteiger partial charge in [0, 0.05) is 0 Å². The van der Waals surface area contributed by atoms with Crippen molar-refractivity contribution < 1.29 is 54.0 Å². The average Bonchev–Trinajstić information content (AvgIpc) is 2.95. The molecule has 1 nitrogen and oxygen atoms in total. The smallest absolute Gasteiger partial charge is 1.00 e. The predicted octanol–water partition coefficient (Wildman–Crippen LogP) is 0.663. The molecule has 1 heterocycles. The molecular weight excluding hydrogens is 539 g/mol. The quantitative estimate of drug-likeness (QED) is 0.456. The fourth-order valence-electron chi connectivity index (χ4n) is 4.90. The van der Waals surface area contributed by atoms with Gasteiger partial charge in [0.25, 0.3) is 0 Å². The average molecular weight is 572 g/mol. The van der Waals surface area contributed by atoms with Crippen LogP contribution in [0.3, 0.4) is 0 Å². The van der Waals surface area contributed by atoms with Crippen LogP contribution in [-0.4, -0.2) is 31.1 Å². The minimum atomic E-state index is -1.44. The molecule has 0 amide bonds. The molecule has 0 radical (unpaired) electrons. The van der Waals surface area contributed by atoms with Crippen molar-refractivity contribution in [2.24, 2.45) is 0 Å². The second kappa shape index (κ2) is 9.04. The second-order valence-electron chi connectivity index (χ2n) is 10.7. The van der Waals surface area contributed by atoms with E-state index in [1.54, 1.807) is 57.4 Å². The summed E-state index contributed by atoms with van der Waals surface area (Å²) in [5, 5.41) is 5.30. The summed E-state index contributed by atoms with van der Waals surface area (Å²) in [6, 6.07) is 8.32. The van der Waals surface area contributed by atoms with Crippen LogP contribution in [0.4, 0.5) is 0 Å². The van der Waals surface area contributed by atoms with Crippen LogP contribution in [-0.2, 0) is 29.1 Å². The Kier molecular flexibility index (Phi) is 8.07. The fourth-order valence-corrected chi connectivity index (χ4v) is 15.7. The predicted molar refractivity (Wildman–Crippen MR) is 126 cm³/mol. The minimum Gasteiger partial charge on any atom is -1.00 e. The summed E-state index contributed by atoms with van der Waals surface area (Å²) in [6.07, 6.45) is 6.21. The van der Waals surface area contributed by atoms with Gasteiger partial charge in [-0.3, -0.25) is 0 Å². The Labute approximate surface area is 213 Å². The Morgan fingerprint density at radius 1 is 1.10 bits per heavy atom. The molecule has 7 heteroatoms. The van der Waals surface area contributed by atoms with E-state index in [2.05, 4.69) is 76.2 Å². The van der Waals surface area contributed by atoms with Crippen molar-refractivity contribution in [3.63, 3.8) is 0 Å². The van der Waals surface area contributed by atoms with Crippen molar-refractivity contribution in [3.8, 4) is 0 Å². The van der Waals surface area contributed by atoms with Gasteiger partial charge in [-0.15, -0.1) is 0 Å². The Morgan fingerprint density at radius 3 is 2.40 bits per heavy atom. The van der Waals surface area contributed by atoms with E-state index in [4.69, 9.17) is 4.43 Å². The van der Waals surface area contributed by atoms with Crippen LogP contribution < -0.4 is 24.8 Å². The van der Waals surface area contributed by atoms with Gasteiger partial charge < -0.3 is 24.8 Å². The van der Waals surface area contributed by atoms with Gasteiger partial charge in [0.2, 0.25) is 0 Å². The summed E-state index contributed by atoms with van der Waals surface area (Å²) in [5.41, 5.74) is 6.38. The Balaban J connectivity index is 0.00000160. The van der Waals surface area contributed by atoms with Crippen molar-refractivity contribution in [3.05, 3.63) is 57.4 Å². The first-order chi connectivity index (χ1) is 12.9. The van der Waals surface area contributed by atoms with Crippen LogP contribution in [0.1, 0.15) is 26.7 Å². The maximum absolute atomic E-state index is 6.18. The summed E-state index contributed by atoms with van der Waals surface area (Å²) in [6.45, 7) is 17.9. The van der Waals surface area contributed by atoms with E-state index in [9.17, 15) is 0 Å². The third kappa shape index (κ3) is 4.74. The zero-order valence-electron chi connectivity index (χ0n) is 19.2. The largest absolute Gasteiger partial charge is 1.00 e. The number of benzene rings is 1. The van der Waals surface area contributed by atoms with Gasteiger partial charge in [-0.25, -0.2) is 0 Å². The van der Waals surface area contributed by atoms with Crippen LogP contribution in [0.2, 0.25) is 51.9 Å². The molecule has 0 spiro atoms. The molecule has 1 aliphatic heterocycles. The molecule has 0 fully saturated rings. The van der Waals surface area contributed by atoms with Crippen LogP contribution in [0.15, 0.2) is 40.7 Å². The summed E-state index contributed by atoms with van der Waals surface area (Å²) in [7, 11) is -4.03. The molecule has 0 N–H and O–H groups in total. The van der Waals surface area contributed by atoms with Crippen molar-refractivity contribution in [1.82, 2.24) is 0 Å². The van der Waals surface area contributed by atoms with Gasteiger partial charge in [0.05, 0.1) is 0 Å². The monoisotopic (exact) mass is 569 g/mol. The molecule has 4 rings (SSSR count). The van der Waals surface area contributed by atoms with E-state index in [1.807, 2.05) is 5.20 Å². The van der Waals surface area contributed by atoms with E-state index < -0.39 is 24.5 Å². The number of fused-ring (bicyclic) bond motifs is 2. The van der Waals surface area contributed by atoms with Crippen LogP contribution >= 0.6 is 0 Å². The first-order valence-corrected chi connectivity index (χ1v) is 21.6. The maximum atomic E-state index is 6.18. The van der Waals surface area contributed by atoms with E-state index in [1.165, 1.54) is 6.04 Å². The van der Waals surface area contributed by atoms with Crippen molar-refractivity contribution in [2.75, 3.05) is 6.61 Å². The van der Waals surface area contributed by atoms with Gasteiger partial charge in [-0.2, -0.15) is 0 Å². The van der Waals surface area contributed by atoms with Crippen molar-refractivity contribution in [2.45, 2.75) is 61.9 Å². The molecule has 1 unspecified atom stereocenters. The molecule has 30 heavy (non-hydrogen) atoms. The topological polar surface area (TPSA) is 9.23 Å². The van der Waals surface area contributed by atoms with E-state index in [0.29, 0.717) is 0 Å². The second-order valence-corrected chi connectivity index (χ2v) is 25.8. The summed E-state index contributed by atoms with van der Waals surface area (Å²) >= 11 is 1.67. The van der Waals surface area contributed by atoms with Gasteiger partial charge in [-0.1, -0.05) is 0 Å². The minimum absolute atomic E-state index is 0. The molecule has 0 aromatic heterocycles. The third-order valence-electron chi connectivity index (χ3n) is 6.71. The van der Waals surface area contributed by atoms with Crippen LogP contribution in [0.5, 0.6) is 0 Å². The molecule has 1 atom stereocenters. The Bertz CT molecular complexity index is 942. The molecule has 2 aliphatic carbocycles. The molecule has 0 bridgehead atoms. The van der Waals surface area contributed by atoms with E-state index in [0.717, 1.165) is 16.7 Å². The van der Waals surface area contributed by atoms with Crippen molar-refractivity contribution >= 4 is 35.2 Å². The molecule has 0 saturated carbocycles. The van der Waals surface area contributed by atoms with E-state index >= 15 is 0 Å². The number of halogens is 2. The zero-order valence-corrected chi connectivity index (χ0v) is 26.2. The van der Waals surface area contributed by atoms with Crippen LogP contribution in [0, 0.1) is 0 Å². The van der Waals surface area contributed by atoms with Gasteiger partial charge >= 0.3 is 171 Å². The first kappa shape index (κ1) is 26.8. The summed E-state index contributed by atoms with van der Waals surface area (Å²) in [4.78, 5) is 0. The van der Waals surface area contributed by atoms with Gasteiger partial charge in [0.1, 0.15) is 0 Å². The Morgan fingerprint density at radius 2 is 1.77 bits per heavy atom. The molecule has 161 valence electrons. The zero-order chi connectivity index (χ0) is 20.5. The molecule has 1 aromatic rings. The first-order valence-electron chi connectivity index (χ1n) is 10.6. The molecule has 3 aliphatic rings. The fraction of sp³-hybridized carbons (Fsp3) is 0.478. The standard InChI is InChI=1S/C23H33OSi3.2ClH.Zr/c1-25(2,3)24-13-14-26(4,5)19-12-11-17(15-19)20-10-8-9-18-16-21-23(22(18)20)27(21,6)7;;;/h8-10,12,15-16H,11,13-14H2,1-7H3;2*1H;/q;;;+2/p-2. The Hall–Kier alpha value is 0.514. The van der Waals surface area contributed by atoms with Crippen molar-refractivity contribution in [1.29, 1.82) is 0 Å². The number of hydrogen-bond donors (Lipinski definition) is 0. The SMILES string of the molecule is C[Si](C)(C)OCC[Si](C)(C)C1=CCC(c2cccc3c2C2=C([CH]3[Zr+2])[Si]2(C)C)=C1.[Cl-].[Cl-]. The van der Waals surface area contributed by atoms with E-state index in [-0.39, 0.29) is 24.8 Å².